The van der Waals surface area contributed by atoms with Crippen molar-refractivity contribution in [1.29, 1.82) is 0 Å². The molecule has 30 heavy (non-hydrogen) atoms. The Morgan fingerprint density at radius 3 is 2.33 bits per heavy atom. The van der Waals surface area contributed by atoms with Gasteiger partial charge in [0, 0.05) is 6.07 Å². The predicted octanol–water partition coefficient (Wildman–Crippen LogP) is 0.173. The van der Waals surface area contributed by atoms with Crippen LogP contribution in [0.1, 0.15) is 15.9 Å². The van der Waals surface area contributed by atoms with Gasteiger partial charge in [-0.3, -0.25) is 4.79 Å². The summed E-state index contributed by atoms with van der Waals surface area (Å²) in [6, 6.07) is 10.0. The van der Waals surface area contributed by atoms with E-state index in [-0.39, 0.29) is 22.8 Å². The first-order chi connectivity index (χ1) is 14.3. The molecule has 5 atom stereocenters. The number of allylic oxidation sites excluding steroid dienone is 1. The molecular formula is C21H22O9. The molecule has 1 aliphatic rings. The number of ether oxygens (including phenoxy) is 2. The van der Waals surface area contributed by atoms with Gasteiger partial charge in [-0.15, -0.1) is 0 Å². The minimum absolute atomic E-state index is 0.00572. The first-order valence-electron chi connectivity index (χ1n) is 9.12. The normalized spacial score (nSPS) is 26.6. The maximum atomic E-state index is 12.3. The molecular weight excluding hydrogens is 396 g/mol. The predicted molar refractivity (Wildman–Crippen MR) is 104 cm³/mol. The molecule has 0 bridgehead atoms. The van der Waals surface area contributed by atoms with E-state index in [1.165, 1.54) is 36.4 Å². The van der Waals surface area contributed by atoms with E-state index in [0.717, 1.165) is 6.07 Å². The molecule has 9 nitrogen and oxygen atoms in total. The van der Waals surface area contributed by atoms with Crippen molar-refractivity contribution < 1.29 is 44.9 Å². The summed E-state index contributed by atoms with van der Waals surface area (Å²) in [7, 11) is 0. The molecule has 2 aromatic carbocycles. The van der Waals surface area contributed by atoms with Crippen LogP contribution >= 0.6 is 0 Å². The Morgan fingerprint density at radius 2 is 1.70 bits per heavy atom. The average Bonchev–Trinajstić information content (AvgIpc) is 2.73. The van der Waals surface area contributed by atoms with E-state index >= 15 is 0 Å². The van der Waals surface area contributed by atoms with Gasteiger partial charge >= 0.3 is 0 Å². The fraction of sp³-hybridized carbons (Fsp3) is 0.286. The fourth-order valence-corrected chi connectivity index (χ4v) is 2.94. The third-order valence-corrected chi connectivity index (χ3v) is 4.66. The number of aliphatic hydroxyl groups excluding tert-OH is 4. The number of rotatable bonds is 6. The third kappa shape index (κ3) is 4.78. The van der Waals surface area contributed by atoms with E-state index in [1.807, 2.05) is 0 Å². The zero-order valence-corrected chi connectivity index (χ0v) is 15.7. The van der Waals surface area contributed by atoms with E-state index in [9.17, 15) is 35.4 Å². The molecule has 160 valence electrons. The molecule has 0 aromatic heterocycles. The number of hydrogen-bond acceptors (Lipinski definition) is 9. The van der Waals surface area contributed by atoms with E-state index in [2.05, 4.69) is 0 Å². The molecule has 0 unspecified atom stereocenters. The van der Waals surface area contributed by atoms with Gasteiger partial charge in [-0.2, -0.15) is 0 Å². The maximum Gasteiger partial charge on any atom is 0.229 e. The Kier molecular flexibility index (Phi) is 6.70. The number of benzene rings is 2. The summed E-state index contributed by atoms with van der Waals surface area (Å²) in [6.45, 7) is -0.600. The number of phenolic OH excluding ortho intramolecular Hbond substituents is 2. The first-order valence-corrected chi connectivity index (χ1v) is 9.12. The molecule has 0 saturated carbocycles. The summed E-state index contributed by atoms with van der Waals surface area (Å²) in [6.07, 6.45) is -4.46. The van der Waals surface area contributed by atoms with Gasteiger partial charge in [0.25, 0.3) is 0 Å². The van der Waals surface area contributed by atoms with Gasteiger partial charge in [0.05, 0.1) is 12.2 Å². The van der Waals surface area contributed by atoms with Crippen LogP contribution in [0.25, 0.3) is 6.08 Å². The molecule has 1 aliphatic heterocycles. The van der Waals surface area contributed by atoms with E-state index in [0.29, 0.717) is 5.56 Å². The van der Waals surface area contributed by atoms with Crippen molar-refractivity contribution in [3.63, 3.8) is 0 Å². The average molecular weight is 418 g/mol. The monoisotopic (exact) mass is 418 g/mol. The van der Waals surface area contributed by atoms with Crippen LogP contribution in [0, 0.1) is 0 Å². The quantitative estimate of drug-likeness (QED) is 0.284. The van der Waals surface area contributed by atoms with Crippen molar-refractivity contribution >= 4 is 11.9 Å². The maximum absolute atomic E-state index is 12.3. The number of carbonyl (C=O) groups excluding carboxylic acids is 1. The summed E-state index contributed by atoms with van der Waals surface area (Å²) in [5.74, 6) is -0.709. The van der Waals surface area contributed by atoms with Crippen LogP contribution in [0.3, 0.4) is 0 Å². The van der Waals surface area contributed by atoms with Crippen LogP contribution in [0.2, 0.25) is 0 Å². The molecule has 3 rings (SSSR count). The highest BCUT2D eigenvalue weighted by Crippen LogP contribution is 2.28. The van der Waals surface area contributed by atoms with Gasteiger partial charge in [0.2, 0.25) is 6.29 Å². The Hall–Kier alpha value is -2.95. The lowest BCUT2D eigenvalue weighted by Gasteiger charge is -2.39. The van der Waals surface area contributed by atoms with Gasteiger partial charge in [-0.1, -0.05) is 18.2 Å². The van der Waals surface area contributed by atoms with Gasteiger partial charge in [-0.25, -0.2) is 0 Å². The highest BCUT2D eigenvalue weighted by atomic mass is 16.7. The third-order valence-electron chi connectivity index (χ3n) is 4.66. The largest absolute Gasteiger partial charge is 0.508 e. The number of phenols is 2. The highest BCUT2D eigenvalue weighted by molar-refractivity contribution is 6.08. The van der Waals surface area contributed by atoms with Crippen LogP contribution in [-0.2, 0) is 4.74 Å². The van der Waals surface area contributed by atoms with Gasteiger partial charge in [0.1, 0.15) is 41.7 Å². The summed E-state index contributed by atoms with van der Waals surface area (Å²) in [5, 5.41) is 58.2. The molecule has 9 heteroatoms. The standard InChI is InChI=1S/C21H22O9/c22-10-17-18(26)19(27)20(28)21(30-17)29-13-6-7-14(16(25)9-13)15(24)8-3-11-1-4-12(23)5-2-11/h1-9,17-23,25-28H,10H2/b8-3+/t17-,18-,19-,20-,21-/m1/s1. The number of hydrogen-bond donors (Lipinski definition) is 6. The van der Waals surface area contributed by atoms with Crippen molar-refractivity contribution in [2.24, 2.45) is 0 Å². The molecule has 1 saturated heterocycles. The Balaban J connectivity index is 1.70. The number of aromatic hydroxyl groups is 2. The van der Waals surface area contributed by atoms with Crippen molar-refractivity contribution in [2.45, 2.75) is 30.7 Å². The van der Waals surface area contributed by atoms with E-state index in [1.54, 1.807) is 12.1 Å². The van der Waals surface area contributed by atoms with Crippen molar-refractivity contribution in [3.8, 4) is 17.2 Å². The van der Waals surface area contributed by atoms with Crippen LogP contribution in [0.15, 0.2) is 48.5 Å². The van der Waals surface area contributed by atoms with Gasteiger partial charge in [-0.05, 0) is 35.9 Å². The summed E-state index contributed by atoms with van der Waals surface area (Å²) in [5.41, 5.74) is 0.689. The minimum Gasteiger partial charge on any atom is -0.508 e. The van der Waals surface area contributed by atoms with Gasteiger partial charge in [0.15, 0.2) is 5.78 Å². The van der Waals surface area contributed by atoms with Crippen molar-refractivity contribution in [3.05, 3.63) is 59.7 Å². The summed E-state index contributed by atoms with van der Waals surface area (Å²) < 4.78 is 10.6. The molecule has 0 spiro atoms. The van der Waals surface area contributed by atoms with Gasteiger partial charge < -0.3 is 40.1 Å². The fourth-order valence-electron chi connectivity index (χ4n) is 2.94. The van der Waals surface area contributed by atoms with Crippen LogP contribution in [0.5, 0.6) is 17.2 Å². The summed E-state index contributed by atoms with van der Waals surface area (Å²) in [4.78, 5) is 12.3. The second-order valence-electron chi connectivity index (χ2n) is 6.78. The second-order valence-corrected chi connectivity index (χ2v) is 6.78. The van der Waals surface area contributed by atoms with Crippen LogP contribution < -0.4 is 4.74 Å². The second kappa shape index (κ2) is 9.24. The Labute approximate surface area is 171 Å². The molecule has 1 fully saturated rings. The minimum atomic E-state index is -1.60. The topological polar surface area (TPSA) is 157 Å². The first kappa shape index (κ1) is 21.8. The molecule has 2 aromatic rings. The number of ketones is 1. The Morgan fingerprint density at radius 1 is 1.00 bits per heavy atom. The molecule has 1 heterocycles. The van der Waals surface area contributed by atoms with Crippen molar-refractivity contribution in [1.82, 2.24) is 0 Å². The lowest BCUT2D eigenvalue weighted by Crippen LogP contribution is -2.60. The Bertz CT molecular complexity index is 907. The smallest absolute Gasteiger partial charge is 0.229 e. The molecule has 0 amide bonds. The number of aliphatic hydroxyl groups is 4. The lowest BCUT2D eigenvalue weighted by atomic mass is 9.99. The van der Waals surface area contributed by atoms with Crippen LogP contribution in [-0.4, -0.2) is 73.7 Å². The zero-order valence-electron chi connectivity index (χ0n) is 15.7. The molecule has 6 N–H and O–H groups in total. The zero-order chi connectivity index (χ0) is 21.8. The number of carbonyl (C=O) groups is 1. The van der Waals surface area contributed by atoms with Crippen LogP contribution in [0.4, 0.5) is 0 Å². The summed E-state index contributed by atoms with van der Waals surface area (Å²) >= 11 is 0. The van der Waals surface area contributed by atoms with E-state index < -0.39 is 43.1 Å². The van der Waals surface area contributed by atoms with Crippen molar-refractivity contribution in [2.75, 3.05) is 6.61 Å². The molecule has 0 aliphatic carbocycles. The highest BCUT2D eigenvalue weighted by Gasteiger charge is 2.44. The SMILES string of the molecule is O=C(/C=C/c1ccc(O)cc1)c1ccc(O[C@@H]2O[C@H](CO)[C@@H](O)[C@@H](O)[C@H]2O)cc1O. The molecule has 0 radical (unpaired) electrons. The van der Waals surface area contributed by atoms with E-state index in [4.69, 9.17) is 9.47 Å². The lowest BCUT2D eigenvalue weighted by molar-refractivity contribution is -0.277.